The molecule has 0 saturated carbocycles. The van der Waals surface area contributed by atoms with Gasteiger partial charge in [0.05, 0.1) is 26.7 Å². The summed E-state index contributed by atoms with van der Waals surface area (Å²) in [6, 6.07) is 17.6. The van der Waals surface area contributed by atoms with Gasteiger partial charge in [-0.05, 0) is 24.3 Å². The van der Waals surface area contributed by atoms with Crippen LogP contribution in [0.3, 0.4) is 0 Å². The van der Waals surface area contributed by atoms with E-state index in [2.05, 4.69) is 4.90 Å². The first-order valence-corrected chi connectivity index (χ1v) is 7.64. The molecule has 0 atom stereocenters. The number of rotatable bonds is 3. The lowest BCUT2D eigenvalue weighted by molar-refractivity contribution is 0.0332. The summed E-state index contributed by atoms with van der Waals surface area (Å²) < 4.78 is 10.9. The molecular weight excluding hydrogens is 292 g/mol. The number of methoxy groups -OCH3 is 1. The molecule has 2 aliphatic rings. The van der Waals surface area contributed by atoms with E-state index in [0.717, 1.165) is 17.1 Å². The lowest BCUT2D eigenvalue weighted by atomic mass is 9.93. The summed E-state index contributed by atoms with van der Waals surface area (Å²) >= 11 is 0. The maximum atomic E-state index is 12.2. The Labute approximate surface area is 135 Å². The Bertz CT molecular complexity index is 726. The van der Waals surface area contributed by atoms with E-state index in [-0.39, 0.29) is 6.09 Å². The van der Waals surface area contributed by atoms with Crippen LogP contribution < -0.4 is 14.5 Å². The second kappa shape index (κ2) is 5.19. The molecule has 0 bridgehead atoms. The summed E-state index contributed by atoms with van der Waals surface area (Å²) in [5, 5.41) is 0. The van der Waals surface area contributed by atoms with Crippen LogP contribution >= 0.6 is 0 Å². The van der Waals surface area contributed by atoms with E-state index in [1.54, 1.807) is 12.0 Å². The molecule has 2 aromatic carbocycles. The molecule has 1 amide bonds. The molecule has 118 valence electrons. The predicted molar refractivity (Wildman–Crippen MR) is 88.2 cm³/mol. The molecule has 0 unspecified atom stereocenters. The quantitative estimate of drug-likeness (QED) is 0.874. The van der Waals surface area contributed by atoms with E-state index in [1.807, 2.05) is 54.6 Å². The number of anilines is 2. The zero-order valence-corrected chi connectivity index (χ0v) is 12.9. The average molecular weight is 310 g/mol. The molecule has 0 radical (unpaired) electrons. The van der Waals surface area contributed by atoms with Crippen molar-refractivity contribution in [2.45, 2.75) is 5.60 Å². The molecule has 5 heteroatoms. The fraction of sp³-hybridized carbons (Fsp3) is 0.278. The molecule has 0 aromatic heterocycles. The monoisotopic (exact) mass is 310 g/mol. The van der Waals surface area contributed by atoms with E-state index in [4.69, 9.17) is 9.47 Å². The minimum absolute atomic E-state index is 0.263. The fourth-order valence-electron chi connectivity index (χ4n) is 3.23. The van der Waals surface area contributed by atoms with Crippen molar-refractivity contribution in [1.29, 1.82) is 0 Å². The van der Waals surface area contributed by atoms with Crippen molar-refractivity contribution in [2.24, 2.45) is 0 Å². The highest BCUT2D eigenvalue weighted by molar-refractivity contribution is 5.90. The van der Waals surface area contributed by atoms with Crippen molar-refractivity contribution in [3.8, 4) is 5.75 Å². The number of para-hydroxylation sites is 1. The molecule has 1 spiro atoms. The van der Waals surface area contributed by atoms with Gasteiger partial charge in [0, 0.05) is 17.4 Å². The Balaban J connectivity index is 1.47. The first kappa shape index (κ1) is 13.9. The number of hydrogen-bond acceptors (Lipinski definition) is 4. The van der Waals surface area contributed by atoms with Gasteiger partial charge in [-0.2, -0.15) is 0 Å². The number of carbonyl (C=O) groups excluding carboxylic acids is 1. The lowest BCUT2D eigenvalue weighted by Crippen LogP contribution is -2.64. The van der Waals surface area contributed by atoms with Crippen molar-refractivity contribution < 1.29 is 14.3 Å². The van der Waals surface area contributed by atoms with Crippen LogP contribution in [0.15, 0.2) is 54.6 Å². The van der Waals surface area contributed by atoms with Gasteiger partial charge in [0.2, 0.25) is 0 Å². The van der Waals surface area contributed by atoms with Crippen molar-refractivity contribution in [3.05, 3.63) is 54.6 Å². The summed E-state index contributed by atoms with van der Waals surface area (Å²) in [6.45, 7) is 2.00. The Morgan fingerprint density at radius 1 is 1.00 bits per heavy atom. The molecule has 4 rings (SSSR count). The summed E-state index contributed by atoms with van der Waals surface area (Å²) in [5.41, 5.74) is 1.56. The molecule has 2 fully saturated rings. The van der Waals surface area contributed by atoms with Gasteiger partial charge in [0.25, 0.3) is 0 Å². The van der Waals surface area contributed by atoms with Gasteiger partial charge in [0.15, 0.2) is 5.60 Å². The summed E-state index contributed by atoms with van der Waals surface area (Å²) in [4.78, 5) is 16.1. The molecule has 0 aliphatic carbocycles. The average Bonchev–Trinajstić information content (AvgIpc) is 2.92. The maximum absolute atomic E-state index is 12.2. The number of carbonyl (C=O) groups is 1. The van der Waals surface area contributed by atoms with Gasteiger partial charge < -0.3 is 14.4 Å². The van der Waals surface area contributed by atoms with Crippen LogP contribution in [-0.2, 0) is 4.74 Å². The molecule has 2 aromatic rings. The highest BCUT2D eigenvalue weighted by atomic mass is 16.6. The van der Waals surface area contributed by atoms with E-state index in [9.17, 15) is 4.79 Å². The summed E-state index contributed by atoms with van der Waals surface area (Å²) in [7, 11) is 1.66. The van der Waals surface area contributed by atoms with E-state index in [1.165, 1.54) is 0 Å². The summed E-state index contributed by atoms with van der Waals surface area (Å²) in [6.07, 6.45) is -0.263. The SMILES string of the molecule is COc1cccc(N2CC3(C2)CN(c2ccccc2)C(=O)O3)c1. The number of nitrogens with zero attached hydrogens (tertiary/aromatic N) is 2. The van der Waals surface area contributed by atoms with Crippen LogP contribution in [0.4, 0.5) is 16.2 Å². The zero-order valence-electron chi connectivity index (χ0n) is 12.9. The first-order chi connectivity index (χ1) is 11.2. The molecule has 0 N–H and O–H groups in total. The van der Waals surface area contributed by atoms with Crippen molar-refractivity contribution in [1.82, 2.24) is 0 Å². The standard InChI is InChI=1S/C18H18N2O3/c1-22-16-9-5-8-15(10-16)19-11-18(12-19)13-20(17(21)23-18)14-6-3-2-4-7-14/h2-10H,11-13H2,1H3. The lowest BCUT2D eigenvalue weighted by Gasteiger charge is -2.47. The van der Waals surface area contributed by atoms with E-state index < -0.39 is 5.60 Å². The van der Waals surface area contributed by atoms with Crippen molar-refractivity contribution in [3.63, 3.8) is 0 Å². The largest absolute Gasteiger partial charge is 0.497 e. The van der Waals surface area contributed by atoms with Crippen LogP contribution in [0.2, 0.25) is 0 Å². The van der Waals surface area contributed by atoms with Crippen LogP contribution in [0.1, 0.15) is 0 Å². The fourth-order valence-corrected chi connectivity index (χ4v) is 3.23. The van der Waals surface area contributed by atoms with E-state index in [0.29, 0.717) is 19.6 Å². The molecule has 2 saturated heterocycles. The minimum atomic E-state index is -0.407. The highest BCUT2D eigenvalue weighted by Gasteiger charge is 2.54. The Morgan fingerprint density at radius 2 is 1.74 bits per heavy atom. The van der Waals surface area contributed by atoms with Gasteiger partial charge in [0.1, 0.15) is 5.75 Å². The van der Waals surface area contributed by atoms with E-state index >= 15 is 0 Å². The third kappa shape index (κ3) is 2.38. The molecule has 23 heavy (non-hydrogen) atoms. The van der Waals surface area contributed by atoms with Crippen LogP contribution in [0, 0.1) is 0 Å². The number of amides is 1. The smallest absolute Gasteiger partial charge is 0.415 e. The Morgan fingerprint density at radius 3 is 2.48 bits per heavy atom. The van der Waals surface area contributed by atoms with Crippen LogP contribution in [0.25, 0.3) is 0 Å². The van der Waals surface area contributed by atoms with Gasteiger partial charge in [-0.15, -0.1) is 0 Å². The van der Waals surface area contributed by atoms with Gasteiger partial charge in [-0.3, -0.25) is 4.90 Å². The Hall–Kier alpha value is -2.69. The molecule has 2 aliphatic heterocycles. The van der Waals surface area contributed by atoms with Crippen LogP contribution in [0.5, 0.6) is 5.75 Å². The van der Waals surface area contributed by atoms with Gasteiger partial charge >= 0.3 is 6.09 Å². The second-order valence-corrected chi connectivity index (χ2v) is 6.03. The van der Waals surface area contributed by atoms with Crippen LogP contribution in [-0.4, -0.2) is 38.4 Å². The summed E-state index contributed by atoms with van der Waals surface area (Å²) in [5.74, 6) is 0.831. The number of ether oxygens (including phenoxy) is 2. The minimum Gasteiger partial charge on any atom is -0.497 e. The number of hydrogen-bond donors (Lipinski definition) is 0. The third-order valence-electron chi connectivity index (χ3n) is 4.41. The molecule has 5 nitrogen and oxygen atoms in total. The normalized spacial score (nSPS) is 18.7. The predicted octanol–water partition coefficient (Wildman–Crippen LogP) is 2.91. The van der Waals surface area contributed by atoms with Gasteiger partial charge in [-0.25, -0.2) is 4.79 Å². The first-order valence-electron chi connectivity index (χ1n) is 7.64. The van der Waals surface area contributed by atoms with Crippen molar-refractivity contribution >= 4 is 17.5 Å². The number of benzene rings is 2. The molecule has 2 heterocycles. The molecular formula is C18H18N2O3. The highest BCUT2D eigenvalue weighted by Crippen LogP contribution is 2.38. The van der Waals surface area contributed by atoms with Crippen molar-refractivity contribution in [2.75, 3.05) is 36.5 Å². The Kier molecular flexibility index (Phi) is 3.15. The third-order valence-corrected chi connectivity index (χ3v) is 4.41. The van der Waals surface area contributed by atoms with Gasteiger partial charge in [-0.1, -0.05) is 24.3 Å². The zero-order chi connectivity index (χ0) is 15.9. The second-order valence-electron chi connectivity index (χ2n) is 6.03. The maximum Gasteiger partial charge on any atom is 0.415 e. The topological polar surface area (TPSA) is 42.0 Å².